The molecule has 0 aliphatic rings. The van der Waals surface area contributed by atoms with Crippen LogP contribution >= 0.6 is 27.5 Å². The van der Waals surface area contributed by atoms with E-state index in [9.17, 15) is 4.79 Å². The largest absolute Gasteiger partial charge is 0.369 e. The molecule has 1 amide bonds. The molecule has 0 bridgehead atoms. The molecule has 15 heavy (non-hydrogen) atoms. The Morgan fingerprint density at radius 3 is 2.87 bits per heavy atom. The number of nitrogens with two attached hydrogens (primary N) is 1. The van der Waals surface area contributed by atoms with Crippen molar-refractivity contribution >= 4 is 33.4 Å². The zero-order chi connectivity index (χ0) is 11.4. The molecule has 1 rings (SSSR count). The molecule has 0 spiro atoms. The Hall–Kier alpha value is -1.05. The summed E-state index contributed by atoms with van der Waals surface area (Å²) in [6.45, 7) is 0. The summed E-state index contributed by atoms with van der Waals surface area (Å²) >= 11 is 8.94. The second kappa shape index (κ2) is 5.15. The lowest BCUT2D eigenvalue weighted by Crippen LogP contribution is -2.25. The van der Waals surface area contributed by atoms with Crippen LogP contribution in [0.1, 0.15) is 11.1 Å². The summed E-state index contributed by atoms with van der Waals surface area (Å²) in [6.07, 6.45) is 0.360. The molecular weight excluding hydrogens is 279 g/mol. The lowest BCUT2D eigenvalue weighted by Gasteiger charge is -2.07. The van der Waals surface area contributed by atoms with Crippen molar-refractivity contribution in [1.29, 1.82) is 5.26 Å². The summed E-state index contributed by atoms with van der Waals surface area (Å²) in [6, 6.07) is 6.96. The third-order valence-corrected chi connectivity index (χ3v) is 2.91. The number of primary amides is 1. The molecule has 1 unspecified atom stereocenters. The van der Waals surface area contributed by atoms with Crippen LogP contribution in [0.4, 0.5) is 0 Å². The fraction of sp³-hybridized carbons (Fsp3) is 0.200. The molecular formula is C10H8BrClN2O. The fourth-order valence-electron chi connectivity index (χ4n) is 1.13. The predicted molar refractivity (Wildman–Crippen MR) is 61.8 cm³/mol. The lowest BCUT2D eigenvalue weighted by molar-refractivity contribution is -0.117. The second-order valence-corrected chi connectivity index (χ2v) is 4.53. The molecule has 0 fully saturated rings. The minimum absolute atomic E-state index is 0.360. The third kappa shape index (κ3) is 3.22. The molecule has 78 valence electrons. The van der Waals surface area contributed by atoms with Gasteiger partial charge in [-0.2, -0.15) is 5.26 Å². The Morgan fingerprint density at radius 1 is 1.67 bits per heavy atom. The van der Waals surface area contributed by atoms with Crippen LogP contribution in [0, 0.1) is 11.3 Å². The Labute approximate surface area is 101 Å². The van der Waals surface area contributed by atoms with Crippen LogP contribution in [0.15, 0.2) is 18.2 Å². The maximum Gasteiger partial charge on any atom is 0.231 e. The minimum Gasteiger partial charge on any atom is -0.369 e. The summed E-state index contributed by atoms with van der Waals surface area (Å²) in [7, 11) is 0. The van der Waals surface area contributed by atoms with Gasteiger partial charge in [0.1, 0.15) is 0 Å². The lowest BCUT2D eigenvalue weighted by atomic mass is 10.0. The first kappa shape index (κ1) is 12.0. The number of amides is 1. The number of benzene rings is 1. The number of carbonyl (C=O) groups excluding carboxylic acids is 1. The van der Waals surface area contributed by atoms with Gasteiger partial charge >= 0.3 is 0 Å². The quantitative estimate of drug-likeness (QED) is 0.864. The van der Waals surface area contributed by atoms with Crippen LogP contribution < -0.4 is 5.73 Å². The van der Waals surface area contributed by atoms with E-state index in [0.29, 0.717) is 22.6 Å². The van der Waals surface area contributed by atoms with Gasteiger partial charge in [-0.25, -0.2) is 0 Å². The summed E-state index contributed by atoms with van der Waals surface area (Å²) in [4.78, 5) is 10.4. The Morgan fingerprint density at radius 2 is 2.33 bits per heavy atom. The zero-order valence-corrected chi connectivity index (χ0v) is 10.0. The van der Waals surface area contributed by atoms with E-state index < -0.39 is 10.7 Å². The number of nitriles is 1. The van der Waals surface area contributed by atoms with Crippen molar-refractivity contribution in [3.05, 3.63) is 34.3 Å². The maximum absolute atomic E-state index is 10.8. The van der Waals surface area contributed by atoms with Gasteiger partial charge in [0.15, 0.2) is 0 Å². The molecule has 3 nitrogen and oxygen atoms in total. The molecule has 0 saturated heterocycles. The van der Waals surface area contributed by atoms with Crippen molar-refractivity contribution in [3.63, 3.8) is 0 Å². The molecule has 0 radical (unpaired) electrons. The second-order valence-electron chi connectivity index (χ2n) is 2.99. The predicted octanol–water partition coefficient (Wildman–Crippen LogP) is 2.00. The molecule has 5 heteroatoms. The van der Waals surface area contributed by atoms with Gasteiger partial charge < -0.3 is 5.73 Å². The van der Waals surface area contributed by atoms with Crippen molar-refractivity contribution in [2.45, 2.75) is 11.2 Å². The number of hydrogen-bond acceptors (Lipinski definition) is 2. The zero-order valence-electron chi connectivity index (χ0n) is 7.71. The van der Waals surface area contributed by atoms with Crippen LogP contribution in [0.3, 0.4) is 0 Å². The Kier molecular flexibility index (Phi) is 4.13. The SMILES string of the molecule is N#Cc1ccc(Cl)cc1CC(Br)C(N)=O. The van der Waals surface area contributed by atoms with Gasteiger partial charge in [0.2, 0.25) is 5.91 Å². The van der Waals surface area contributed by atoms with Gasteiger partial charge in [0, 0.05) is 5.02 Å². The van der Waals surface area contributed by atoms with Gasteiger partial charge in [-0.1, -0.05) is 27.5 Å². The summed E-state index contributed by atoms with van der Waals surface area (Å²) in [5.74, 6) is -0.459. The maximum atomic E-state index is 10.8. The van der Waals surface area contributed by atoms with E-state index in [4.69, 9.17) is 22.6 Å². The molecule has 0 saturated carbocycles. The molecule has 0 heterocycles. The Balaban J connectivity index is 2.98. The Bertz CT molecular complexity index is 428. The van der Waals surface area contributed by atoms with Crippen molar-refractivity contribution in [3.8, 4) is 6.07 Å². The molecule has 0 aromatic heterocycles. The van der Waals surface area contributed by atoms with Gasteiger partial charge in [-0.3, -0.25) is 4.79 Å². The van der Waals surface area contributed by atoms with Gasteiger partial charge in [-0.05, 0) is 30.2 Å². The molecule has 0 aliphatic carbocycles. The normalized spacial score (nSPS) is 11.8. The highest BCUT2D eigenvalue weighted by Gasteiger charge is 2.14. The standard InChI is InChI=1S/C10H8BrClN2O/c11-9(10(14)15)4-7-3-8(12)2-1-6(7)5-13/h1-3,9H,4H2,(H2,14,15). The van der Waals surface area contributed by atoms with Crippen molar-refractivity contribution in [1.82, 2.24) is 0 Å². The number of hydrogen-bond donors (Lipinski definition) is 1. The van der Waals surface area contributed by atoms with E-state index in [-0.39, 0.29) is 0 Å². The first-order valence-electron chi connectivity index (χ1n) is 4.16. The van der Waals surface area contributed by atoms with Crippen LogP contribution in [0.5, 0.6) is 0 Å². The highest BCUT2D eigenvalue weighted by molar-refractivity contribution is 9.10. The van der Waals surface area contributed by atoms with E-state index in [2.05, 4.69) is 15.9 Å². The van der Waals surface area contributed by atoms with Crippen molar-refractivity contribution in [2.75, 3.05) is 0 Å². The smallest absolute Gasteiger partial charge is 0.231 e. The molecule has 1 atom stereocenters. The number of carbonyl (C=O) groups is 1. The summed E-state index contributed by atoms with van der Waals surface area (Å²) in [5.41, 5.74) is 6.33. The monoisotopic (exact) mass is 286 g/mol. The average molecular weight is 288 g/mol. The topological polar surface area (TPSA) is 66.9 Å². The van der Waals surface area contributed by atoms with Crippen LogP contribution in [-0.2, 0) is 11.2 Å². The molecule has 1 aromatic rings. The highest BCUT2D eigenvalue weighted by Crippen LogP contribution is 2.19. The van der Waals surface area contributed by atoms with E-state index in [1.54, 1.807) is 18.2 Å². The van der Waals surface area contributed by atoms with Gasteiger partial charge in [-0.15, -0.1) is 0 Å². The third-order valence-electron chi connectivity index (χ3n) is 1.90. The van der Waals surface area contributed by atoms with E-state index >= 15 is 0 Å². The van der Waals surface area contributed by atoms with Crippen molar-refractivity contribution in [2.24, 2.45) is 5.73 Å². The van der Waals surface area contributed by atoms with Gasteiger partial charge in [0.05, 0.1) is 16.5 Å². The van der Waals surface area contributed by atoms with Crippen LogP contribution in [-0.4, -0.2) is 10.7 Å². The first-order chi connectivity index (χ1) is 7.04. The number of rotatable bonds is 3. The van der Waals surface area contributed by atoms with Crippen LogP contribution in [0.2, 0.25) is 5.02 Å². The number of halogens is 2. The molecule has 2 N–H and O–H groups in total. The van der Waals surface area contributed by atoms with E-state index in [1.165, 1.54) is 0 Å². The van der Waals surface area contributed by atoms with Crippen LogP contribution in [0.25, 0.3) is 0 Å². The number of alkyl halides is 1. The first-order valence-corrected chi connectivity index (χ1v) is 5.46. The summed E-state index contributed by atoms with van der Waals surface area (Å²) < 4.78 is 0. The fourth-order valence-corrected chi connectivity index (χ4v) is 1.68. The average Bonchev–Trinajstić information content (AvgIpc) is 2.18. The van der Waals surface area contributed by atoms with Crippen molar-refractivity contribution < 1.29 is 4.79 Å². The minimum atomic E-state index is -0.483. The molecule has 1 aromatic carbocycles. The highest BCUT2D eigenvalue weighted by atomic mass is 79.9. The number of nitrogens with zero attached hydrogens (tertiary/aromatic N) is 1. The van der Waals surface area contributed by atoms with Gasteiger partial charge in [0.25, 0.3) is 0 Å². The summed E-state index contributed by atoms with van der Waals surface area (Å²) in [5, 5.41) is 9.37. The van der Waals surface area contributed by atoms with E-state index in [1.807, 2.05) is 6.07 Å². The molecule has 0 aliphatic heterocycles. The van der Waals surface area contributed by atoms with E-state index in [0.717, 1.165) is 0 Å².